The lowest BCUT2D eigenvalue weighted by molar-refractivity contribution is -0.123. The molecule has 11 heteroatoms. The Hall–Kier alpha value is -5.68. The summed E-state index contributed by atoms with van der Waals surface area (Å²) in [4.78, 5) is 49.5. The molecule has 0 radical (unpaired) electrons. The largest absolute Gasteiger partial charge is 0.494 e. The van der Waals surface area contributed by atoms with Crippen molar-refractivity contribution in [1.82, 2.24) is 30.8 Å². The van der Waals surface area contributed by atoms with Crippen LogP contribution in [0, 0.1) is 0 Å². The van der Waals surface area contributed by atoms with Gasteiger partial charge >= 0.3 is 6.09 Å². The first kappa shape index (κ1) is 39.5. The lowest BCUT2D eigenvalue weighted by Crippen LogP contribution is -2.47. The molecule has 0 bridgehead atoms. The number of para-hydroxylation sites is 1. The van der Waals surface area contributed by atoms with Crippen LogP contribution in [0.15, 0.2) is 103 Å². The molecule has 4 N–H and O–H groups in total. The van der Waals surface area contributed by atoms with Gasteiger partial charge in [-0.05, 0) is 94.1 Å². The summed E-state index contributed by atoms with van der Waals surface area (Å²) in [6.07, 6.45) is 3.93. The number of benzene rings is 4. The molecular formula is C43H52N6O5. The van der Waals surface area contributed by atoms with Crippen molar-refractivity contribution in [2.24, 2.45) is 0 Å². The van der Waals surface area contributed by atoms with Gasteiger partial charge in [0.05, 0.1) is 19.2 Å². The molecule has 1 heterocycles. The Kier molecular flexibility index (Phi) is 13.8. The first-order chi connectivity index (χ1) is 26.0. The third kappa shape index (κ3) is 11.4. The van der Waals surface area contributed by atoms with E-state index in [-0.39, 0.29) is 30.9 Å². The monoisotopic (exact) mass is 732 g/mol. The van der Waals surface area contributed by atoms with Crippen LogP contribution in [0.1, 0.15) is 86.4 Å². The first-order valence-electron chi connectivity index (χ1n) is 18.6. The van der Waals surface area contributed by atoms with Gasteiger partial charge in [0, 0.05) is 36.6 Å². The quantitative estimate of drug-likeness (QED) is 0.0730. The Morgan fingerprint density at radius 1 is 0.889 bits per heavy atom. The fourth-order valence-corrected chi connectivity index (χ4v) is 6.19. The fourth-order valence-electron chi connectivity index (χ4n) is 6.19. The molecule has 1 aromatic heterocycles. The molecule has 11 nitrogen and oxygen atoms in total. The van der Waals surface area contributed by atoms with E-state index < -0.39 is 17.7 Å². The van der Waals surface area contributed by atoms with Gasteiger partial charge in [0.2, 0.25) is 5.91 Å². The van der Waals surface area contributed by atoms with Crippen LogP contribution in [0.3, 0.4) is 0 Å². The van der Waals surface area contributed by atoms with Gasteiger partial charge in [-0.3, -0.25) is 14.5 Å². The number of imidazole rings is 1. The highest BCUT2D eigenvalue weighted by Crippen LogP contribution is 2.24. The number of aromatic amines is 1. The van der Waals surface area contributed by atoms with Gasteiger partial charge in [-0.15, -0.1) is 0 Å². The second-order valence-corrected chi connectivity index (χ2v) is 14.3. The van der Waals surface area contributed by atoms with Crippen molar-refractivity contribution in [3.8, 4) is 5.75 Å². The zero-order valence-electron chi connectivity index (χ0n) is 31.9. The lowest BCUT2D eigenvalue weighted by Gasteiger charge is -2.27. The summed E-state index contributed by atoms with van der Waals surface area (Å²) in [5, 5.41) is 11.8. The summed E-state index contributed by atoms with van der Waals surface area (Å²) >= 11 is 0. The highest BCUT2D eigenvalue weighted by Gasteiger charge is 2.25. The van der Waals surface area contributed by atoms with E-state index in [1.54, 1.807) is 41.6 Å². The number of aromatic nitrogens is 2. The number of H-pyrrole nitrogens is 1. The van der Waals surface area contributed by atoms with Gasteiger partial charge in [-0.1, -0.05) is 72.8 Å². The zero-order valence-corrected chi connectivity index (χ0v) is 31.9. The van der Waals surface area contributed by atoms with Crippen LogP contribution in [0.2, 0.25) is 0 Å². The number of ether oxygens (including phenoxy) is 2. The van der Waals surface area contributed by atoms with Gasteiger partial charge in [0.15, 0.2) is 0 Å². The zero-order chi connectivity index (χ0) is 38.5. The number of amides is 3. The molecule has 0 fully saturated rings. The predicted octanol–water partition coefficient (Wildman–Crippen LogP) is 7.44. The molecule has 0 aliphatic carbocycles. The number of nitrogens with one attached hydrogen (secondary N) is 4. The first-order valence-corrected chi connectivity index (χ1v) is 18.6. The van der Waals surface area contributed by atoms with E-state index in [0.717, 1.165) is 33.2 Å². The number of rotatable bonds is 17. The van der Waals surface area contributed by atoms with Gasteiger partial charge < -0.3 is 30.4 Å². The average molecular weight is 733 g/mol. The average Bonchev–Trinajstić information content (AvgIpc) is 3.67. The van der Waals surface area contributed by atoms with Crippen LogP contribution >= 0.6 is 0 Å². The lowest BCUT2D eigenvalue weighted by atomic mass is 9.99. The van der Waals surface area contributed by atoms with Crippen LogP contribution < -0.4 is 20.7 Å². The van der Waals surface area contributed by atoms with E-state index in [2.05, 4.69) is 44.1 Å². The van der Waals surface area contributed by atoms with Crippen molar-refractivity contribution < 1.29 is 23.9 Å². The number of nitrogens with zero attached hydrogens (tertiary/aromatic N) is 2. The molecule has 1 unspecified atom stereocenters. The highest BCUT2D eigenvalue weighted by atomic mass is 16.6. The molecule has 0 aliphatic heterocycles. The molecule has 4 aromatic carbocycles. The van der Waals surface area contributed by atoms with Crippen molar-refractivity contribution >= 4 is 28.7 Å². The van der Waals surface area contributed by atoms with Gasteiger partial charge in [-0.2, -0.15) is 0 Å². The molecule has 0 aliphatic rings. The second kappa shape index (κ2) is 18.9. The molecule has 0 saturated carbocycles. The molecule has 54 heavy (non-hydrogen) atoms. The minimum Gasteiger partial charge on any atom is -0.494 e. The molecule has 0 spiro atoms. The van der Waals surface area contributed by atoms with Crippen molar-refractivity contribution in [2.45, 2.75) is 84.8 Å². The van der Waals surface area contributed by atoms with E-state index in [1.807, 2.05) is 83.1 Å². The van der Waals surface area contributed by atoms with Crippen LogP contribution in [0.5, 0.6) is 5.75 Å². The predicted molar refractivity (Wildman–Crippen MR) is 211 cm³/mol. The topological polar surface area (TPSA) is 138 Å². The van der Waals surface area contributed by atoms with Gasteiger partial charge in [0.25, 0.3) is 5.91 Å². The van der Waals surface area contributed by atoms with E-state index in [4.69, 9.17) is 9.47 Å². The summed E-state index contributed by atoms with van der Waals surface area (Å²) in [5.41, 5.74) is 2.60. The van der Waals surface area contributed by atoms with Crippen LogP contribution in [-0.4, -0.2) is 57.6 Å². The summed E-state index contributed by atoms with van der Waals surface area (Å²) in [5.74, 6) is 0.854. The molecule has 5 aromatic rings. The van der Waals surface area contributed by atoms with E-state index >= 15 is 0 Å². The Balaban J connectivity index is 1.26. The van der Waals surface area contributed by atoms with E-state index in [0.29, 0.717) is 43.9 Å². The Bertz CT molecular complexity index is 1970. The maximum absolute atomic E-state index is 13.9. The summed E-state index contributed by atoms with van der Waals surface area (Å²) in [6, 6.07) is 28.0. The maximum atomic E-state index is 13.9. The SMILES string of the molecule is CCOc1ccccc1CNCCC[C@H](NC(=O)c1ccc(CN(Cc2ncc[nH]2)C(=O)OC(C)(C)C)cc1)C(=O)NC(C)c1cccc2ccccc12. The Labute approximate surface area is 317 Å². The minimum absolute atomic E-state index is 0.228. The number of hydrogen-bond acceptors (Lipinski definition) is 7. The second-order valence-electron chi connectivity index (χ2n) is 14.3. The van der Waals surface area contributed by atoms with Crippen molar-refractivity contribution in [2.75, 3.05) is 13.2 Å². The maximum Gasteiger partial charge on any atom is 0.410 e. The standard InChI is InChI=1S/C43H52N6O5/c1-6-53-38-19-10-8-14-34(38)27-44-24-12-18-37(41(51)47-30(2)35-17-11-15-32-13-7-9-16-36(32)35)48-40(50)33-22-20-31(21-23-33)28-49(29-39-45-25-26-46-39)42(52)54-43(3,4)5/h7-11,13-17,19-23,25-26,30,37,44H,6,12,18,24,27-29H2,1-5H3,(H,45,46)(H,47,51)(H,48,50)/t30?,37-/m0/s1. The number of hydrogen-bond donors (Lipinski definition) is 4. The fraction of sp³-hybridized carbons (Fsp3) is 0.349. The summed E-state index contributed by atoms with van der Waals surface area (Å²) < 4.78 is 11.4. The third-order valence-electron chi connectivity index (χ3n) is 8.84. The van der Waals surface area contributed by atoms with Gasteiger partial charge in [0.1, 0.15) is 23.2 Å². The van der Waals surface area contributed by atoms with Crippen molar-refractivity contribution in [3.63, 3.8) is 0 Å². The summed E-state index contributed by atoms with van der Waals surface area (Å²) in [7, 11) is 0. The molecular weight excluding hydrogens is 681 g/mol. The van der Waals surface area contributed by atoms with Crippen molar-refractivity contribution in [3.05, 3.63) is 131 Å². The number of carbonyl (C=O) groups excluding carboxylic acids is 3. The third-order valence-corrected chi connectivity index (χ3v) is 8.84. The van der Waals surface area contributed by atoms with E-state index in [1.165, 1.54) is 0 Å². The van der Waals surface area contributed by atoms with Crippen LogP contribution in [-0.2, 0) is 29.2 Å². The van der Waals surface area contributed by atoms with Crippen LogP contribution in [0.4, 0.5) is 4.79 Å². The number of carbonyl (C=O) groups is 3. The number of fused-ring (bicyclic) bond motifs is 1. The molecule has 0 saturated heterocycles. The van der Waals surface area contributed by atoms with E-state index in [9.17, 15) is 14.4 Å². The molecule has 3 amide bonds. The summed E-state index contributed by atoms with van der Waals surface area (Å²) in [6.45, 7) is 11.7. The minimum atomic E-state index is -0.775. The smallest absolute Gasteiger partial charge is 0.410 e. The molecule has 5 rings (SSSR count). The van der Waals surface area contributed by atoms with Crippen molar-refractivity contribution in [1.29, 1.82) is 0 Å². The van der Waals surface area contributed by atoms with Crippen LogP contribution in [0.25, 0.3) is 10.8 Å². The normalized spacial score (nSPS) is 12.5. The highest BCUT2D eigenvalue weighted by molar-refractivity contribution is 5.97. The molecule has 284 valence electrons. The molecule has 2 atom stereocenters. The Morgan fingerprint density at radius 3 is 2.37 bits per heavy atom. The van der Waals surface area contributed by atoms with Gasteiger partial charge in [-0.25, -0.2) is 9.78 Å². The Morgan fingerprint density at radius 2 is 1.63 bits per heavy atom.